The lowest BCUT2D eigenvalue weighted by Crippen LogP contribution is -2.08. The third-order valence-corrected chi connectivity index (χ3v) is 2.11. The van der Waals surface area contributed by atoms with Crippen molar-refractivity contribution in [2.75, 3.05) is 0 Å². The van der Waals surface area contributed by atoms with Crippen LogP contribution >= 0.6 is 0 Å². The van der Waals surface area contributed by atoms with E-state index >= 15 is 0 Å². The molecule has 2 aliphatic carbocycles. The van der Waals surface area contributed by atoms with Gasteiger partial charge in [0.05, 0.1) is 0 Å². The zero-order valence-electron chi connectivity index (χ0n) is 6.33. The van der Waals surface area contributed by atoms with Gasteiger partial charge in [0.15, 0.2) is 0 Å². The molecule has 0 fully saturated rings. The molecule has 0 heterocycles. The predicted molar refractivity (Wildman–Crippen MR) is 46.7 cm³/mol. The molecule has 0 saturated heterocycles. The predicted octanol–water partition coefficient (Wildman–Crippen LogP) is 1.90. The van der Waals surface area contributed by atoms with Gasteiger partial charge in [-0.3, -0.25) is 0 Å². The third-order valence-electron chi connectivity index (χ3n) is 2.11. The number of hydrogen-bond donors (Lipinski definition) is 1. The van der Waals surface area contributed by atoms with Crippen molar-refractivity contribution in [3.63, 3.8) is 0 Å². The Morgan fingerprint density at radius 2 is 2.27 bits per heavy atom. The van der Waals surface area contributed by atoms with Gasteiger partial charge in [-0.15, -0.1) is 0 Å². The molecule has 0 saturated carbocycles. The zero-order valence-corrected chi connectivity index (χ0v) is 6.33. The summed E-state index contributed by atoms with van der Waals surface area (Å²) >= 11 is 0. The van der Waals surface area contributed by atoms with Gasteiger partial charge in [-0.1, -0.05) is 30.4 Å². The molecule has 0 aromatic rings. The number of nitrogens with two attached hydrogens (primary N) is 1. The Hall–Kier alpha value is -1.24. The average molecular weight is 145 g/mol. The first-order valence-electron chi connectivity index (χ1n) is 3.88. The van der Waals surface area contributed by atoms with Gasteiger partial charge in [-0.2, -0.15) is 0 Å². The van der Waals surface area contributed by atoms with Crippen molar-refractivity contribution in [2.45, 2.75) is 6.42 Å². The van der Waals surface area contributed by atoms with Crippen LogP contribution in [0.3, 0.4) is 0 Å². The first-order chi connectivity index (χ1) is 5.36. The molecule has 1 unspecified atom stereocenters. The van der Waals surface area contributed by atoms with Crippen molar-refractivity contribution < 1.29 is 0 Å². The van der Waals surface area contributed by atoms with Crippen molar-refractivity contribution in [1.29, 1.82) is 0 Å². The molecule has 0 spiro atoms. The largest absolute Gasteiger partial charge is 0.399 e. The molecule has 0 amide bonds. The molecule has 0 aliphatic heterocycles. The number of hydrogen-bond acceptors (Lipinski definition) is 1. The molecule has 0 aromatic carbocycles. The van der Waals surface area contributed by atoms with Gasteiger partial charge in [-0.25, -0.2) is 0 Å². The quantitative estimate of drug-likeness (QED) is 0.553. The second kappa shape index (κ2) is 2.42. The molecule has 0 aromatic heterocycles. The molecule has 1 heteroatoms. The van der Waals surface area contributed by atoms with E-state index in [1.165, 1.54) is 5.57 Å². The van der Waals surface area contributed by atoms with Gasteiger partial charge in [0, 0.05) is 11.6 Å². The van der Waals surface area contributed by atoms with Crippen LogP contribution in [0.5, 0.6) is 0 Å². The highest BCUT2D eigenvalue weighted by Crippen LogP contribution is 2.26. The summed E-state index contributed by atoms with van der Waals surface area (Å²) in [7, 11) is 0. The third kappa shape index (κ3) is 1.14. The lowest BCUT2D eigenvalue weighted by molar-refractivity contribution is 0.770. The lowest BCUT2D eigenvalue weighted by Gasteiger charge is -2.19. The summed E-state index contributed by atoms with van der Waals surface area (Å²) in [4.78, 5) is 0. The van der Waals surface area contributed by atoms with Crippen LogP contribution in [0, 0.1) is 5.92 Å². The van der Waals surface area contributed by atoms with Gasteiger partial charge in [0.2, 0.25) is 0 Å². The first kappa shape index (κ1) is 6.47. The minimum Gasteiger partial charge on any atom is -0.399 e. The van der Waals surface area contributed by atoms with Crippen LogP contribution in [-0.4, -0.2) is 0 Å². The van der Waals surface area contributed by atoms with Crippen molar-refractivity contribution in [3.8, 4) is 0 Å². The summed E-state index contributed by atoms with van der Waals surface area (Å²) in [5.74, 6) is 0.576. The first-order valence-corrected chi connectivity index (χ1v) is 3.88. The van der Waals surface area contributed by atoms with E-state index in [-0.39, 0.29) is 0 Å². The van der Waals surface area contributed by atoms with Crippen molar-refractivity contribution in [1.82, 2.24) is 0 Å². The highest BCUT2D eigenvalue weighted by atomic mass is 14.6. The fourth-order valence-electron chi connectivity index (χ4n) is 1.48. The molecule has 0 radical (unpaired) electrons. The molecular formula is C10H11N. The second-order valence-corrected chi connectivity index (χ2v) is 2.93. The molecule has 2 N–H and O–H groups in total. The Kier molecular flexibility index (Phi) is 1.42. The summed E-state index contributed by atoms with van der Waals surface area (Å²) < 4.78 is 0. The monoisotopic (exact) mass is 145 g/mol. The Bertz CT molecular complexity index is 279. The van der Waals surface area contributed by atoms with E-state index in [4.69, 9.17) is 5.73 Å². The average Bonchev–Trinajstić information content (AvgIpc) is 2.04. The maximum Gasteiger partial charge on any atom is 0.0276 e. The van der Waals surface area contributed by atoms with Crippen molar-refractivity contribution >= 4 is 0 Å². The van der Waals surface area contributed by atoms with Crippen molar-refractivity contribution in [2.24, 2.45) is 11.7 Å². The molecule has 11 heavy (non-hydrogen) atoms. The molecule has 1 atom stereocenters. The Balaban J connectivity index is 2.33. The number of allylic oxidation sites excluding steroid dienone is 7. The van der Waals surface area contributed by atoms with Crippen molar-refractivity contribution in [3.05, 3.63) is 47.7 Å². The maximum absolute atomic E-state index is 5.67. The SMILES string of the molecule is NC1=CCC2C=CC=CC2=C1. The minimum atomic E-state index is 0.576. The van der Waals surface area contributed by atoms with E-state index < -0.39 is 0 Å². The van der Waals surface area contributed by atoms with Gasteiger partial charge in [0.1, 0.15) is 0 Å². The van der Waals surface area contributed by atoms with Gasteiger partial charge in [0.25, 0.3) is 0 Å². The summed E-state index contributed by atoms with van der Waals surface area (Å²) in [6.45, 7) is 0. The standard InChI is InChI=1S/C10H11N/c11-10-6-5-8-3-1-2-4-9(8)7-10/h1-4,6-8H,5,11H2. The van der Waals surface area contributed by atoms with Crippen LogP contribution in [0.4, 0.5) is 0 Å². The fraction of sp³-hybridized carbons (Fsp3) is 0.200. The number of fused-ring (bicyclic) bond motifs is 1. The zero-order chi connectivity index (χ0) is 7.68. The molecular weight excluding hydrogens is 134 g/mol. The summed E-state index contributed by atoms with van der Waals surface area (Å²) in [6.07, 6.45) is 13.7. The summed E-state index contributed by atoms with van der Waals surface area (Å²) in [6, 6.07) is 0. The van der Waals surface area contributed by atoms with E-state index in [0.29, 0.717) is 5.92 Å². The highest BCUT2D eigenvalue weighted by Gasteiger charge is 2.13. The van der Waals surface area contributed by atoms with Gasteiger partial charge in [-0.05, 0) is 18.1 Å². The summed E-state index contributed by atoms with van der Waals surface area (Å²) in [5, 5.41) is 0. The minimum absolute atomic E-state index is 0.576. The molecule has 2 aliphatic rings. The lowest BCUT2D eigenvalue weighted by atomic mass is 9.87. The molecule has 0 bridgehead atoms. The Morgan fingerprint density at radius 1 is 1.36 bits per heavy atom. The fourth-order valence-corrected chi connectivity index (χ4v) is 1.48. The van der Waals surface area contributed by atoms with E-state index in [1.54, 1.807) is 0 Å². The van der Waals surface area contributed by atoms with Crippen LogP contribution in [-0.2, 0) is 0 Å². The topological polar surface area (TPSA) is 26.0 Å². The van der Waals surface area contributed by atoms with Crippen LogP contribution in [0.15, 0.2) is 47.7 Å². The van der Waals surface area contributed by atoms with E-state index in [9.17, 15) is 0 Å². The Labute approximate surface area is 66.6 Å². The maximum atomic E-state index is 5.67. The summed E-state index contributed by atoms with van der Waals surface area (Å²) in [5.41, 5.74) is 7.91. The van der Waals surface area contributed by atoms with Gasteiger partial charge >= 0.3 is 0 Å². The molecule has 56 valence electrons. The van der Waals surface area contributed by atoms with E-state index in [0.717, 1.165) is 12.1 Å². The van der Waals surface area contributed by atoms with Gasteiger partial charge < -0.3 is 5.73 Å². The van der Waals surface area contributed by atoms with Crippen LogP contribution in [0.25, 0.3) is 0 Å². The molecule has 2 rings (SSSR count). The highest BCUT2D eigenvalue weighted by molar-refractivity contribution is 5.40. The normalized spacial score (nSPS) is 27.5. The van der Waals surface area contributed by atoms with Crippen LogP contribution in [0.2, 0.25) is 0 Å². The second-order valence-electron chi connectivity index (χ2n) is 2.93. The smallest absolute Gasteiger partial charge is 0.0276 e. The number of rotatable bonds is 0. The Morgan fingerprint density at radius 3 is 3.18 bits per heavy atom. The van der Waals surface area contributed by atoms with Crippen LogP contribution < -0.4 is 5.73 Å². The van der Waals surface area contributed by atoms with Crippen LogP contribution in [0.1, 0.15) is 6.42 Å². The van der Waals surface area contributed by atoms with E-state index in [2.05, 4.69) is 30.4 Å². The molecule has 1 nitrogen and oxygen atoms in total. The van der Waals surface area contributed by atoms with E-state index in [1.807, 2.05) is 6.08 Å².